The molecule has 1 aliphatic rings. The fraction of sp³-hybridized carbons (Fsp3) is 0.250. The van der Waals surface area contributed by atoms with Gasteiger partial charge in [-0.1, -0.05) is 57.2 Å². The van der Waals surface area contributed by atoms with E-state index >= 15 is 0 Å². The first kappa shape index (κ1) is 16.2. The van der Waals surface area contributed by atoms with Crippen molar-refractivity contribution in [2.24, 2.45) is 0 Å². The van der Waals surface area contributed by atoms with Crippen LogP contribution < -0.4 is 9.80 Å². The van der Waals surface area contributed by atoms with Gasteiger partial charge in [-0.05, 0) is 35.2 Å². The summed E-state index contributed by atoms with van der Waals surface area (Å²) in [5.74, 6) is 0. The third-order valence-electron chi connectivity index (χ3n) is 5.53. The summed E-state index contributed by atoms with van der Waals surface area (Å²) < 4.78 is 6.12. The molecule has 1 aromatic heterocycles. The van der Waals surface area contributed by atoms with Crippen LogP contribution >= 0.6 is 0 Å². The number of rotatable bonds is 1. The van der Waals surface area contributed by atoms with E-state index in [1.54, 1.807) is 0 Å². The van der Waals surface area contributed by atoms with E-state index in [2.05, 4.69) is 86.1 Å². The average molecular weight is 356 g/mol. The number of hydrogen-bond acceptors (Lipinski definition) is 3. The SMILES string of the molecule is CN1CN(c2cccc3oc4ccccc4c23)c2c1cccc2C(C)(C)C. The van der Waals surface area contributed by atoms with Gasteiger partial charge in [-0.25, -0.2) is 0 Å². The second-order valence-electron chi connectivity index (χ2n) is 8.44. The highest BCUT2D eigenvalue weighted by molar-refractivity contribution is 6.13. The zero-order chi connectivity index (χ0) is 18.8. The number of benzene rings is 3. The Morgan fingerprint density at radius 2 is 1.52 bits per heavy atom. The van der Waals surface area contributed by atoms with E-state index in [9.17, 15) is 0 Å². The monoisotopic (exact) mass is 356 g/mol. The van der Waals surface area contributed by atoms with E-state index in [0.29, 0.717) is 0 Å². The fourth-order valence-electron chi connectivity index (χ4n) is 4.26. The molecule has 0 amide bonds. The standard InChI is InChI=1S/C24H24N2O/c1-24(2,3)17-10-7-12-19-23(17)26(15-25(19)4)18-11-8-14-21-22(18)16-9-5-6-13-20(16)27-21/h5-14H,15H2,1-4H3. The Balaban J connectivity index is 1.82. The lowest BCUT2D eigenvalue weighted by molar-refractivity contribution is 0.591. The first-order chi connectivity index (χ1) is 12.9. The van der Waals surface area contributed by atoms with Gasteiger partial charge in [0, 0.05) is 12.4 Å². The fourth-order valence-corrected chi connectivity index (χ4v) is 4.26. The summed E-state index contributed by atoms with van der Waals surface area (Å²) in [6.07, 6.45) is 0. The number of nitrogens with zero attached hydrogens (tertiary/aromatic N) is 2. The Bertz CT molecular complexity index is 1170. The molecule has 0 saturated carbocycles. The van der Waals surface area contributed by atoms with Gasteiger partial charge in [0.25, 0.3) is 0 Å². The van der Waals surface area contributed by atoms with E-state index in [0.717, 1.165) is 17.8 Å². The molecule has 0 aliphatic carbocycles. The zero-order valence-electron chi connectivity index (χ0n) is 16.3. The average Bonchev–Trinajstić information content (AvgIpc) is 3.19. The molecule has 136 valence electrons. The van der Waals surface area contributed by atoms with E-state index in [-0.39, 0.29) is 5.41 Å². The summed E-state index contributed by atoms with van der Waals surface area (Å²) in [7, 11) is 2.17. The Labute approximate surface area is 159 Å². The van der Waals surface area contributed by atoms with Gasteiger partial charge in [-0.3, -0.25) is 0 Å². The molecule has 0 saturated heterocycles. The smallest absolute Gasteiger partial charge is 0.137 e. The van der Waals surface area contributed by atoms with Crippen molar-refractivity contribution in [1.82, 2.24) is 0 Å². The van der Waals surface area contributed by atoms with Crippen LogP contribution in [0.2, 0.25) is 0 Å². The van der Waals surface area contributed by atoms with Gasteiger partial charge in [0.1, 0.15) is 11.2 Å². The van der Waals surface area contributed by atoms with Gasteiger partial charge >= 0.3 is 0 Å². The van der Waals surface area contributed by atoms with Gasteiger partial charge in [-0.15, -0.1) is 0 Å². The third-order valence-corrected chi connectivity index (χ3v) is 5.53. The molecular formula is C24H24N2O. The van der Waals surface area contributed by atoms with Crippen LogP contribution in [0.3, 0.4) is 0 Å². The Morgan fingerprint density at radius 1 is 0.815 bits per heavy atom. The largest absolute Gasteiger partial charge is 0.456 e. The number of furan rings is 1. The third kappa shape index (κ3) is 2.34. The molecule has 3 nitrogen and oxygen atoms in total. The Hall–Kier alpha value is -2.94. The highest BCUT2D eigenvalue weighted by atomic mass is 16.3. The molecule has 0 N–H and O–H groups in total. The number of anilines is 3. The molecule has 0 spiro atoms. The maximum absolute atomic E-state index is 6.12. The summed E-state index contributed by atoms with van der Waals surface area (Å²) in [4.78, 5) is 4.77. The molecule has 27 heavy (non-hydrogen) atoms. The summed E-state index contributed by atoms with van der Waals surface area (Å²) in [6.45, 7) is 7.69. The maximum Gasteiger partial charge on any atom is 0.137 e. The minimum atomic E-state index is 0.0706. The maximum atomic E-state index is 6.12. The Kier molecular flexibility index (Phi) is 3.33. The highest BCUT2D eigenvalue weighted by Crippen LogP contribution is 2.48. The van der Waals surface area contributed by atoms with Crippen LogP contribution in [0, 0.1) is 0 Å². The second-order valence-corrected chi connectivity index (χ2v) is 8.44. The molecule has 2 heterocycles. The molecular weight excluding hydrogens is 332 g/mol. The summed E-state index contributed by atoms with van der Waals surface area (Å²) in [5, 5.41) is 2.37. The predicted octanol–water partition coefficient (Wildman–Crippen LogP) is 6.43. The van der Waals surface area contributed by atoms with Crippen LogP contribution in [0.25, 0.3) is 21.9 Å². The van der Waals surface area contributed by atoms with Gasteiger partial charge in [-0.2, -0.15) is 0 Å². The van der Waals surface area contributed by atoms with Gasteiger partial charge in [0.05, 0.1) is 29.1 Å². The lowest BCUT2D eigenvalue weighted by Crippen LogP contribution is -2.25. The first-order valence-electron chi connectivity index (χ1n) is 9.47. The molecule has 3 heteroatoms. The van der Waals surface area contributed by atoms with Gasteiger partial charge in [0.2, 0.25) is 0 Å². The minimum Gasteiger partial charge on any atom is -0.456 e. The molecule has 0 radical (unpaired) electrons. The van der Waals surface area contributed by atoms with Crippen molar-refractivity contribution in [3.05, 3.63) is 66.2 Å². The van der Waals surface area contributed by atoms with Crippen LogP contribution in [-0.4, -0.2) is 13.7 Å². The highest BCUT2D eigenvalue weighted by Gasteiger charge is 2.32. The molecule has 3 aromatic carbocycles. The lowest BCUT2D eigenvalue weighted by Gasteiger charge is -2.28. The molecule has 1 aliphatic heterocycles. The first-order valence-corrected chi connectivity index (χ1v) is 9.47. The normalized spacial score (nSPS) is 14.4. The van der Waals surface area contributed by atoms with Crippen molar-refractivity contribution in [1.29, 1.82) is 0 Å². The topological polar surface area (TPSA) is 19.6 Å². The Morgan fingerprint density at radius 3 is 2.33 bits per heavy atom. The van der Waals surface area contributed by atoms with Crippen LogP contribution in [0.5, 0.6) is 0 Å². The van der Waals surface area contributed by atoms with Crippen LogP contribution in [0.1, 0.15) is 26.3 Å². The molecule has 5 rings (SSSR count). The molecule has 0 fully saturated rings. The van der Waals surface area contributed by atoms with E-state index in [4.69, 9.17) is 4.42 Å². The van der Waals surface area contributed by atoms with Crippen molar-refractivity contribution in [2.45, 2.75) is 26.2 Å². The number of hydrogen-bond donors (Lipinski definition) is 0. The predicted molar refractivity (Wildman–Crippen MR) is 114 cm³/mol. The summed E-state index contributed by atoms with van der Waals surface area (Å²) in [5.41, 5.74) is 7.13. The van der Waals surface area contributed by atoms with Gasteiger partial charge in [0.15, 0.2) is 0 Å². The van der Waals surface area contributed by atoms with Crippen molar-refractivity contribution < 1.29 is 4.42 Å². The van der Waals surface area contributed by atoms with Crippen LogP contribution in [-0.2, 0) is 5.41 Å². The lowest BCUT2D eigenvalue weighted by atomic mass is 9.85. The molecule has 0 atom stereocenters. The quantitative estimate of drug-likeness (QED) is 0.392. The minimum absolute atomic E-state index is 0.0706. The van der Waals surface area contributed by atoms with E-state index < -0.39 is 0 Å². The summed E-state index contributed by atoms with van der Waals surface area (Å²) >= 11 is 0. The molecule has 4 aromatic rings. The van der Waals surface area contributed by atoms with Crippen molar-refractivity contribution in [3.8, 4) is 0 Å². The van der Waals surface area contributed by atoms with E-state index in [1.165, 1.54) is 33.4 Å². The van der Waals surface area contributed by atoms with Crippen LogP contribution in [0.15, 0.2) is 65.1 Å². The van der Waals surface area contributed by atoms with Crippen molar-refractivity contribution >= 4 is 39.0 Å². The second kappa shape index (κ2) is 5.53. The number of para-hydroxylation sites is 2. The molecule has 0 bridgehead atoms. The van der Waals surface area contributed by atoms with E-state index in [1.807, 2.05) is 12.1 Å². The van der Waals surface area contributed by atoms with Gasteiger partial charge < -0.3 is 14.2 Å². The number of fused-ring (bicyclic) bond motifs is 4. The van der Waals surface area contributed by atoms with Crippen LogP contribution in [0.4, 0.5) is 17.1 Å². The van der Waals surface area contributed by atoms with Crippen molar-refractivity contribution in [3.63, 3.8) is 0 Å². The zero-order valence-corrected chi connectivity index (χ0v) is 16.3. The molecule has 0 unspecified atom stereocenters. The summed E-state index contributed by atoms with van der Waals surface area (Å²) in [6, 6.07) is 21.3. The van der Waals surface area contributed by atoms with Crippen molar-refractivity contribution in [2.75, 3.05) is 23.5 Å².